The van der Waals surface area contributed by atoms with E-state index in [1.807, 2.05) is 6.07 Å². The zero-order chi connectivity index (χ0) is 12.3. The molecule has 0 radical (unpaired) electrons. The minimum Gasteiger partial charge on any atom is -0.496 e. The lowest BCUT2D eigenvalue weighted by Gasteiger charge is -2.16. The fourth-order valence-corrected chi connectivity index (χ4v) is 2.90. The van der Waals surface area contributed by atoms with Crippen LogP contribution >= 0.6 is 15.9 Å². The minimum absolute atomic E-state index is 0.677. The maximum Gasteiger partial charge on any atom is 0.133 e. The Labute approximate surface area is 111 Å². The standard InChI is InChI=1S/C13H19BrN2O/c1-17-13-3-2-10(6-12(13)14)8-16-5-4-11(7-15)9-16/h2-3,6,11H,4-5,7-9,15H2,1H3. The molecule has 1 aliphatic rings. The summed E-state index contributed by atoms with van der Waals surface area (Å²) in [7, 11) is 1.69. The largest absolute Gasteiger partial charge is 0.496 e. The molecule has 3 nitrogen and oxygen atoms in total. The maximum atomic E-state index is 5.70. The predicted molar refractivity (Wildman–Crippen MR) is 73.1 cm³/mol. The highest BCUT2D eigenvalue weighted by Crippen LogP contribution is 2.27. The van der Waals surface area contributed by atoms with Crippen molar-refractivity contribution in [2.45, 2.75) is 13.0 Å². The molecule has 4 heteroatoms. The van der Waals surface area contributed by atoms with E-state index in [4.69, 9.17) is 10.5 Å². The van der Waals surface area contributed by atoms with Crippen molar-refractivity contribution in [2.24, 2.45) is 11.7 Å². The number of nitrogens with zero attached hydrogens (tertiary/aromatic N) is 1. The second-order valence-electron chi connectivity index (χ2n) is 4.59. The van der Waals surface area contributed by atoms with E-state index in [9.17, 15) is 0 Å². The molecule has 2 N–H and O–H groups in total. The molecular weight excluding hydrogens is 280 g/mol. The summed E-state index contributed by atoms with van der Waals surface area (Å²) in [5, 5.41) is 0. The number of halogens is 1. The van der Waals surface area contributed by atoms with Gasteiger partial charge in [-0.15, -0.1) is 0 Å². The SMILES string of the molecule is COc1ccc(CN2CCC(CN)C2)cc1Br. The van der Waals surface area contributed by atoms with Gasteiger partial charge in [0.05, 0.1) is 11.6 Å². The van der Waals surface area contributed by atoms with Gasteiger partial charge in [-0.05, 0) is 59.1 Å². The Hall–Kier alpha value is -0.580. The van der Waals surface area contributed by atoms with Crippen LogP contribution < -0.4 is 10.5 Å². The van der Waals surface area contributed by atoms with Gasteiger partial charge in [0.1, 0.15) is 5.75 Å². The van der Waals surface area contributed by atoms with Crippen LogP contribution in [0.15, 0.2) is 22.7 Å². The summed E-state index contributed by atoms with van der Waals surface area (Å²) in [6, 6.07) is 6.27. The summed E-state index contributed by atoms with van der Waals surface area (Å²) in [5.74, 6) is 1.56. The highest BCUT2D eigenvalue weighted by atomic mass is 79.9. The first kappa shape index (κ1) is 12.9. The van der Waals surface area contributed by atoms with Crippen LogP contribution in [0.2, 0.25) is 0 Å². The fourth-order valence-electron chi connectivity index (χ4n) is 2.32. The van der Waals surface area contributed by atoms with Crippen molar-refractivity contribution in [1.82, 2.24) is 4.90 Å². The first-order valence-electron chi connectivity index (χ1n) is 5.97. The summed E-state index contributed by atoms with van der Waals surface area (Å²) in [6.45, 7) is 4.09. The highest BCUT2D eigenvalue weighted by molar-refractivity contribution is 9.10. The molecule has 1 aliphatic heterocycles. The van der Waals surface area contributed by atoms with Gasteiger partial charge < -0.3 is 10.5 Å². The van der Waals surface area contributed by atoms with E-state index in [2.05, 4.69) is 33.0 Å². The van der Waals surface area contributed by atoms with Gasteiger partial charge in [-0.25, -0.2) is 0 Å². The van der Waals surface area contributed by atoms with Gasteiger partial charge in [-0.3, -0.25) is 4.90 Å². The van der Waals surface area contributed by atoms with E-state index in [1.54, 1.807) is 7.11 Å². The number of methoxy groups -OCH3 is 1. The molecule has 0 spiro atoms. The van der Waals surface area contributed by atoms with Crippen molar-refractivity contribution < 1.29 is 4.74 Å². The molecule has 0 aliphatic carbocycles. The maximum absolute atomic E-state index is 5.70. The van der Waals surface area contributed by atoms with E-state index < -0.39 is 0 Å². The fraction of sp³-hybridized carbons (Fsp3) is 0.538. The number of nitrogens with two attached hydrogens (primary N) is 1. The molecule has 2 rings (SSSR count). The Kier molecular flexibility index (Phi) is 4.42. The Balaban J connectivity index is 1.97. The van der Waals surface area contributed by atoms with E-state index in [0.29, 0.717) is 5.92 Å². The van der Waals surface area contributed by atoms with Crippen molar-refractivity contribution in [3.63, 3.8) is 0 Å². The number of ether oxygens (including phenoxy) is 1. The minimum atomic E-state index is 0.677. The number of benzene rings is 1. The third-order valence-electron chi connectivity index (χ3n) is 3.33. The van der Waals surface area contributed by atoms with Gasteiger partial charge in [-0.1, -0.05) is 6.07 Å². The molecule has 1 heterocycles. The monoisotopic (exact) mass is 298 g/mol. The molecule has 0 bridgehead atoms. The van der Waals surface area contributed by atoms with Crippen LogP contribution in [0.4, 0.5) is 0 Å². The van der Waals surface area contributed by atoms with Crippen molar-refractivity contribution in [2.75, 3.05) is 26.7 Å². The summed E-state index contributed by atoms with van der Waals surface area (Å²) in [6.07, 6.45) is 1.23. The van der Waals surface area contributed by atoms with Crippen molar-refractivity contribution >= 4 is 15.9 Å². The molecule has 0 saturated carbocycles. The Morgan fingerprint density at radius 2 is 2.35 bits per heavy atom. The summed E-state index contributed by atoms with van der Waals surface area (Å²) in [4.78, 5) is 2.46. The van der Waals surface area contributed by atoms with E-state index >= 15 is 0 Å². The molecule has 0 amide bonds. The van der Waals surface area contributed by atoms with Crippen LogP contribution in [0, 0.1) is 5.92 Å². The zero-order valence-corrected chi connectivity index (χ0v) is 11.7. The zero-order valence-electron chi connectivity index (χ0n) is 10.2. The van der Waals surface area contributed by atoms with Crippen LogP contribution in [-0.2, 0) is 6.54 Å². The van der Waals surface area contributed by atoms with E-state index in [0.717, 1.165) is 36.4 Å². The van der Waals surface area contributed by atoms with Crippen molar-refractivity contribution in [3.05, 3.63) is 28.2 Å². The number of rotatable bonds is 4. The number of likely N-dealkylation sites (tertiary alicyclic amines) is 1. The van der Waals surface area contributed by atoms with Crippen molar-refractivity contribution in [3.8, 4) is 5.75 Å². The molecule has 94 valence electrons. The lowest BCUT2D eigenvalue weighted by Crippen LogP contribution is -2.22. The first-order valence-corrected chi connectivity index (χ1v) is 6.77. The van der Waals surface area contributed by atoms with Gasteiger partial charge in [-0.2, -0.15) is 0 Å². The van der Waals surface area contributed by atoms with Crippen LogP contribution in [0.3, 0.4) is 0 Å². The third kappa shape index (κ3) is 3.21. The number of hydrogen-bond donors (Lipinski definition) is 1. The Morgan fingerprint density at radius 1 is 1.53 bits per heavy atom. The molecule has 1 aromatic rings. The van der Waals surface area contributed by atoms with E-state index in [-0.39, 0.29) is 0 Å². The molecule has 1 aromatic carbocycles. The normalized spacial score (nSPS) is 20.8. The summed E-state index contributed by atoms with van der Waals surface area (Å²) >= 11 is 3.52. The quantitative estimate of drug-likeness (QED) is 0.926. The molecule has 1 saturated heterocycles. The molecule has 0 aromatic heterocycles. The highest BCUT2D eigenvalue weighted by Gasteiger charge is 2.21. The van der Waals surface area contributed by atoms with Crippen LogP contribution in [0.1, 0.15) is 12.0 Å². The first-order chi connectivity index (χ1) is 8.22. The second-order valence-corrected chi connectivity index (χ2v) is 5.45. The van der Waals surface area contributed by atoms with Crippen molar-refractivity contribution in [1.29, 1.82) is 0 Å². The van der Waals surface area contributed by atoms with Gasteiger partial charge in [0.2, 0.25) is 0 Å². The van der Waals surface area contributed by atoms with Crippen LogP contribution in [0.25, 0.3) is 0 Å². The third-order valence-corrected chi connectivity index (χ3v) is 3.95. The summed E-state index contributed by atoms with van der Waals surface area (Å²) < 4.78 is 6.25. The molecule has 1 unspecified atom stereocenters. The van der Waals surface area contributed by atoms with Gasteiger partial charge in [0.15, 0.2) is 0 Å². The second kappa shape index (κ2) is 5.85. The van der Waals surface area contributed by atoms with Crippen LogP contribution in [0.5, 0.6) is 5.75 Å². The summed E-state index contributed by atoms with van der Waals surface area (Å²) in [5.41, 5.74) is 7.02. The lowest BCUT2D eigenvalue weighted by atomic mass is 10.1. The lowest BCUT2D eigenvalue weighted by molar-refractivity contribution is 0.317. The van der Waals surface area contributed by atoms with E-state index in [1.165, 1.54) is 12.0 Å². The Bertz CT molecular complexity index is 384. The topological polar surface area (TPSA) is 38.5 Å². The van der Waals surface area contributed by atoms with Gasteiger partial charge in [0, 0.05) is 13.1 Å². The average molecular weight is 299 g/mol. The van der Waals surface area contributed by atoms with Crippen LogP contribution in [-0.4, -0.2) is 31.6 Å². The number of hydrogen-bond acceptors (Lipinski definition) is 3. The average Bonchev–Trinajstić information content (AvgIpc) is 2.77. The Morgan fingerprint density at radius 3 is 2.94 bits per heavy atom. The smallest absolute Gasteiger partial charge is 0.133 e. The molecule has 1 atom stereocenters. The van der Waals surface area contributed by atoms with Gasteiger partial charge >= 0.3 is 0 Å². The molecule has 17 heavy (non-hydrogen) atoms. The van der Waals surface area contributed by atoms with Gasteiger partial charge in [0.25, 0.3) is 0 Å². The molecule has 1 fully saturated rings. The molecular formula is C13H19BrN2O. The predicted octanol–water partition coefficient (Wildman–Crippen LogP) is 2.24.